The van der Waals surface area contributed by atoms with E-state index in [9.17, 15) is 29.8 Å². The van der Waals surface area contributed by atoms with Gasteiger partial charge >= 0.3 is 5.97 Å². The molecule has 0 aliphatic rings. The lowest BCUT2D eigenvalue weighted by molar-refractivity contribution is -0.385. The first-order chi connectivity index (χ1) is 15.7. The monoisotopic (exact) mass is 448 g/mol. The third-order valence-corrected chi connectivity index (χ3v) is 4.40. The second-order valence-electron chi connectivity index (χ2n) is 6.74. The van der Waals surface area contributed by atoms with E-state index in [0.717, 1.165) is 36.0 Å². The molecule has 3 aromatic rings. The van der Waals surface area contributed by atoms with Gasteiger partial charge < -0.3 is 4.74 Å². The van der Waals surface area contributed by atoms with Crippen molar-refractivity contribution in [1.82, 2.24) is 5.43 Å². The van der Waals surface area contributed by atoms with Crippen molar-refractivity contribution in [2.24, 2.45) is 5.10 Å². The standard InChI is InChI=1S/C22H16N4O7/c1-14-2-4-15(5-3-14)21(27)24-23-13-17-12-19(26(31)32)10-11-20(17)33-22(28)16-6-8-18(9-7-16)25(29)30/h2-13H,1H3,(H,24,27)/b23-13+. The normalized spacial score (nSPS) is 10.6. The number of ether oxygens (including phenoxy) is 1. The van der Waals surface area contributed by atoms with Gasteiger partial charge in [0.25, 0.3) is 17.3 Å². The number of esters is 1. The summed E-state index contributed by atoms with van der Waals surface area (Å²) < 4.78 is 5.29. The maximum absolute atomic E-state index is 12.4. The number of rotatable bonds is 7. The topological polar surface area (TPSA) is 154 Å². The number of nitrogens with zero attached hydrogens (tertiary/aromatic N) is 3. The van der Waals surface area contributed by atoms with E-state index in [1.54, 1.807) is 24.3 Å². The lowest BCUT2D eigenvalue weighted by atomic mass is 10.1. The third kappa shape index (κ3) is 5.82. The maximum atomic E-state index is 12.4. The van der Waals surface area contributed by atoms with Crippen LogP contribution in [-0.4, -0.2) is 27.9 Å². The molecule has 11 nitrogen and oxygen atoms in total. The Morgan fingerprint density at radius 2 is 1.45 bits per heavy atom. The molecule has 0 spiro atoms. The highest BCUT2D eigenvalue weighted by Gasteiger charge is 2.16. The number of amides is 1. The van der Waals surface area contributed by atoms with Crippen LogP contribution < -0.4 is 10.2 Å². The number of benzene rings is 3. The van der Waals surface area contributed by atoms with Crippen molar-refractivity contribution < 1.29 is 24.2 Å². The third-order valence-electron chi connectivity index (χ3n) is 4.40. The largest absolute Gasteiger partial charge is 0.422 e. The zero-order valence-electron chi connectivity index (χ0n) is 17.1. The number of nitro benzene ring substituents is 2. The number of nitrogens with one attached hydrogen (secondary N) is 1. The van der Waals surface area contributed by atoms with Crippen LogP contribution >= 0.6 is 0 Å². The number of carbonyl (C=O) groups excluding carboxylic acids is 2. The van der Waals surface area contributed by atoms with Crippen molar-refractivity contribution in [3.05, 3.63) is 109 Å². The van der Waals surface area contributed by atoms with Gasteiger partial charge in [-0.3, -0.25) is 25.0 Å². The molecule has 0 saturated heterocycles. The summed E-state index contributed by atoms with van der Waals surface area (Å²) in [6.07, 6.45) is 1.11. The fraction of sp³-hybridized carbons (Fsp3) is 0.0455. The summed E-state index contributed by atoms with van der Waals surface area (Å²) in [4.78, 5) is 45.2. The van der Waals surface area contributed by atoms with Gasteiger partial charge in [0.1, 0.15) is 5.75 Å². The Labute approximate surface area is 186 Å². The lowest BCUT2D eigenvalue weighted by Gasteiger charge is -2.07. The second-order valence-corrected chi connectivity index (χ2v) is 6.74. The zero-order valence-corrected chi connectivity index (χ0v) is 17.1. The molecule has 1 amide bonds. The van der Waals surface area contributed by atoms with Crippen LogP contribution in [0.25, 0.3) is 0 Å². The summed E-state index contributed by atoms with van der Waals surface area (Å²) >= 11 is 0. The average Bonchev–Trinajstić information content (AvgIpc) is 2.80. The van der Waals surface area contributed by atoms with Crippen molar-refractivity contribution in [1.29, 1.82) is 0 Å². The minimum Gasteiger partial charge on any atom is -0.422 e. The van der Waals surface area contributed by atoms with E-state index in [0.29, 0.717) is 5.56 Å². The van der Waals surface area contributed by atoms with Crippen LogP contribution in [0.2, 0.25) is 0 Å². The molecule has 33 heavy (non-hydrogen) atoms. The molecule has 0 radical (unpaired) electrons. The van der Waals surface area contributed by atoms with Crippen molar-refractivity contribution in [3.63, 3.8) is 0 Å². The molecule has 11 heteroatoms. The maximum Gasteiger partial charge on any atom is 0.343 e. The highest BCUT2D eigenvalue weighted by molar-refractivity contribution is 5.96. The Kier molecular flexibility index (Phi) is 6.84. The zero-order chi connectivity index (χ0) is 24.0. The summed E-state index contributed by atoms with van der Waals surface area (Å²) in [6.45, 7) is 1.88. The Balaban J connectivity index is 1.80. The first kappa shape index (κ1) is 22.7. The summed E-state index contributed by atoms with van der Waals surface area (Å²) in [6, 6.07) is 15.0. The minimum atomic E-state index is -0.836. The van der Waals surface area contributed by atoms with E-state index in [2.05, 4.69) is 10.5 Å². The van der Waals surface area contributed by atoms with Crippen molar-refractivity contribution in [2.75, 3.05) is 0 Å². The van der Waals surface area contributed by atoms with E-state index in [1.807, 2.05) is 6.92 Å². The smallest absolute Gasteiger partial charge is 0.343 e. The van der Waals surface area contributed by atoms with Gasteiger partial charge in [0.15, 0.2) is 0 Å². The number of hydrazone groups is 1. The first-order valence-electron chi connectivity index (χ1n) is 9.40. The summed E-state index contributed by atoms with van der Waals surface area (Å²) in [5.74, 6) is -1.39. The van der Waals surface area contributed by atoms with Crippen molar-refractivity contribution >= 4 is 29.5 Å². The second kappa shape index (κ2) is 9.92. The summed E-state index contributed by atoms with van der Waals surface area (Å²) in [7, 11) is 0. The van der Waals surface area contributed by atoms with Gasteiger partial charge in [-0.15, -0.1) is 0 Å². The molecule has 0 atom stereocenters. The van der Waals surface area contributed by atoms with E-state index in [-0.39, 0.29) is 28.3 Å². The average molecular weight is 448 g/mol. The lowest BCUT2D eigenvalue weighted by Crippen LogP contribution is -2.17. The summed E-state index contributed by atoms with van der Waals surface area (Å²) in [5.41, 5.74) is 3.26. The van der Waals surface area contributed by atoms with Gasteiger partial charge in [-0.25, -0.2) is 10.2 Å². The van der Waals surface area contributed by atoms with Gasteiger partial charge in [-0.2, -0.15) is 5.10 Å². The molecule has 0 aliphatic carbocycles. The highest BCUT2D eigenvalue weighted by Crippen LogP contribution is 2.24. The molecule has 166 valence electrons. The van der Waals surface area contributed by atoms with Crippen LogP contribution in [0.1, 0.15) is 31.8 Å². The Hall–Kier alpha value is -4.93. The van der Waals surface area contributed by atoms with Crippen LogP contribution in [0.15, 0.2) is 71.8 Å². The molecule has 0 aliphatic heterocycles. The van der Waals surface area contributed by atoms with Gasteiger partial charge in [0, 0.05) is 35.4 Å². The molecule has 0 aromatic heterocycles. The predicted molar refractivity (Wildman–Crippen MR) is 117 cm³/mol. The Morgan fingerprint density at radius 1 is 0.879 bits per heavy atom. The number of non-ortho nitro benzene ring substituents is 2. The number of hydrogen-bond acceptors (Lipinski definition) is 8. The Morgan fingerprint density at radius 3 is 2.06 bits per heavy atom. The van der Waals surface area contributed by atoms with Gasteiger partial charge in [0.05, 0.1) is 21.6 Å². The predicted octanol–water partition coefficient (Wildman–Crippen LogP) is 3.79. The molecular formula is C22H16N4O7. The molecule has 3 aromatic carbocycles. The molecule has 0 fully saturated rings. The van der Waals surface area contributed by atoms with Crippen molar-refractivity contribution in [2.45, 2.75) is 6.92 Å². The van der Waals surface area contributed by atoms with E-state index >= 15 is 0 Å². The first-order valence-corrected chi connectivity index (χ1v) is 9.40. The molecular weight excluding hydrogens is 432 g/mol. The molecule has 0 bridgehead atoms. The van der Waals surface area contributed by atoms with E-state index < -0.39 is 21.7 Å². The highest BCUT2D eigenvalue weighted by atomic mass is 16.6. The van der Waals surface area contributed by atoms with Crippen LogP contribution in [0.3, 0.4) is 0 Å². The number of nitro groups is 2. The minimum absolute atomic E-state index is 0.0366. The SMILES string of the molecule is Cc1ccc(C(=O)N/N=C/c2cc([N+](=O)[O-])ccc2OC(=O)c2ccc([N+](=O)[O-])cc2)cc1. The fourth-order valence-corrected chi connectivity index (χ4v) is 2.65. The number of hydrogen-bond donors (Lipinski definition) is 1. The summed E-state index contributed by atoms with van der Waals surface area (Å²) in [5, 5.41) is 25.7. The molecule has 0 heterocycles. The number of aryl methyl sites for hydroxylation is 1. The van der Waals surface area contributed by atoms with Gasteiger partial charge in [0.2, 0.25) is 0 Å². The molecule has 3 rings (SSSR count). The quantitative estimate of drug-likeness (QED) is 0.190. The van der Waals surface area contributed by atoms with Crippen LogP contribution in [0.5, 0.6) is 5.75 Å². The van der Waals surface area contributed by atoms with Gasteiger partial charge in [-0.05, 0) is 37.3 Å². The van der Waals surface area contributed by atoms with Crippen molar-refractivity contribution in [3.8, 4) is 5.75 Å². The van der Waals surface area contributed by atoms with Crippen LogP contribution in [0, 0.1) is 27.2 Å². The Bertz CT molecular complexity index is 1250. The van der Waals surface area contributed by atoms with E-state index in [4.69, 9.17) is 4.74 Å². The number of carbonyl (C=O) groups is 2. The van der Waals surface area contributed by atoms with Crippen LogP contribution in [0.4, 0.5) is 11.4 Å². The van der Waals surface area contributed by atoms with Gasteiger partial charge in [-0.1, -0.05) is 17.7 Å². The fourth-order valence-electron chi connectivity index (χ4n) is 2.65. The molecule has 0 unspecified atom stereocenters. The molecule has 0 saturated carbocycles. The van der Waals surface area contributed by atoms with E-state index in [1.165, 1.54) is 18.2 Å². The van der Waals surface area contributed by atoms with Crippen LogP contribution in [-0.2, 0) is 0 Å². The molecule has 1 N–H and O–H groups in total.